The van der Waals surface area contributed by atoms with Gasteiger partial charge in [0.25, 0.3) is 5.91 Å². The van der Waals surface area contributed by atoms with E-state index < -0.39 is 34.7 Å². The summed E-state index contributed by atoms with van der Waals surface area (Å²) in [5.74, 6) is -1.67. The highest BCUT2D eigenvalue weighted by Gasteiger charge is 2.65. The number of nitrogens with zero attached hydrogens (tertiary/aromatic N) is 2. The van der Waals surface area contributed by atoms with Crippen LogP contribution in [0.4, 0.5) is 4.39 Å². The van der Waals surface area contributed by atoms with E-state index in [0.29, 0.717) is 13.0 Å². The average Bonchev–Trinajstić information content (AvgIpc) is 3.07. The number of aromatic nitrogens is 1. The van der Waals surface area contributed by atoms with Gasteiger partial charge in [-0.05, 0) is 37.8 Å². The fourth-order valence-electron chi connectivity index (χ4n) is 5.19. The number of carbonyl (C=O) groups excluding carboxylic acids is 1. The second-order valence-electron chi connectivity index (χ2n) is 9.00. The molecule has 0 radical (unpaired) electrons. The third-order valence-corrected chi connectivity index (χ3v) is 6.80. The summed E-state index contributed by atoms with van der Waals surface area (Å²) < 4.78 is 19.6. The van der Waals surface area contributed by atoms with E-state index >= 15 is 0 Å². The Balaban J connectivity index is 1.62. The number of rotatable bonds is 4. The van der Waals surface area contributed by atoms with Gasteiger partial charge in [-0.1, -0.05) is 36.7 Å². The molecule has 2 saturated heterocycles. The van der Waals surface area contributed by atoms with E-state index in [1.165, 1.54) is 18.2 Å². The Morgan fingerprint density at radius 1 is 1.37 bits per heavy atom. The van der Waals surface area contributed by atoms with Crippen LogP contribution in [0.3, 0.4) is 0 Å². The number of carbonyl (C=O) groups is 2. The topological polar surface area (TPSA) is 95.7 Å². The fourth-order valence-corrected chi connectivity index (χ4v) is 5.44. The Morgan fingerprint density at radius 3 is 2.70 bits per heavy atom. The summed E-state index contributed by atoms with van der Waals surface area (Å²) >= 11 is 6.15. The van der Waals surface area contributed by atoms with Gasteiger partial charge >= 0.3 is 5.97 Å². The first-order valence-electron chi connectivity index (χ1n) is 9.68. The SMILES string of the molecule is Cc1onc(-c2c(F)cccc2Cl)c1C(=O)N[C@@H]1CN2[C@@H](C(=O)O)C(C)(C)C[C@]12C. The molecule has 1 aromatic carbocycles. The number of aryl methyl sites for hydroxylation is 1. The van der Waals surface area contributed by atoms with E-state index in [-0.39, 0.29) is 33.6 Å². The molecule has 1 amide bonds. The molecule has 30 heavy (non-hydrogen) atoms. The lowest BCUT2D eigenvalue weighted by atomic mass is 9.76. The number of amides is 1. The normalized spacial score (nSPS) is 27.4. The maximum absolute atomic E-state index is 14.4. The first-order valence-corrected chi connectivity index (χ1v) is 10.1. The third-order valence-electron chi connectivity index (χ3n) is 6.48. The Labute approximate surface area is 178 Å². The van der Waals surface area contributed by atoms with E-state index in [1.807, 2.05) is 25.7 Å². The van der Waals surface area contributed by atoms with Gasteiger partial charge in [0.05, 0.1) is 16.6 Å². The highest BCUT2D eigenvalue weighted by atomic mass is 35.5. The monoisotopic (exact) mass is 435 g/mol. The molecule has 2 aliphatic heterocycles. The minimum atomic E-state index is -0.861. The predicted molar refractivity (Wildman–Crippen MR) is 108 cm³/mol. The van der Waals surface area contributed by atoms with E-state index in [1.54, 1.807) is 6.92 Å². The molecular weight excluding hydrogens is 413 g/mol. The van der Waals surface area contributed by atoms with Crippen LogP contribution in [0.15, 0.2) is 22.7 Å². The van der Waals surface area contributed by atoms with E-state index in [4.69, 9.17) is 16.1 Å². The highest BCUT2D eigenvalue weighted by Crippen LogP contribution is 2.53. The van der Waals surface area contributed by atoms with Crippen molar-refractivity contribution in [3.8, 4) is 11.3 Å². The van der Waals surface area contributed by atoms with Crippen molar-refractivity contribution in [1.29, 1.82) is 0 Å². The summed E-state index contributed by atoms with van der Waals surface area (Å²) in [4.78, 5) is 26.8. The van der Waals surface area contributed by atoms with E-state index in [0.717, 1.165) is 0 Å². The Morgan fingerprint density at radius 2 is 2.07 bits per heavy atom. The van der Waals surface area contributed by atoms with Gasteiger partial charge in [-0.2, -0.15) is 0 Å². The van der Waals surface area contributed by atoms with Crippen molar-refractivity contribution in [2.75, 3.05) is 6.54 Å². The number of halogens is 2. The lowest BCUT2D eigenvalue weighted by Crippen LogP contribution is -2.73. The molecule has 2 N–H and O–H groups in total. The molecule has 0 spiro atoms. The lowest BCUT2D eigenvalue weighted by molar-refractivity contribution is -0.150. The second-order valence-corrected chi connectivity index (χ2v) is 9.41. The maximum Gasteiger partial charge on any atom is 0.321 e. The van der Waals surface area contributed by atoms with Gasteiger partial charge in [0, 0.05) is 12.1 Å². The van der Waals surface area contributed by atoms with Crippen LogP contribution in [0, 0.1) is 18.2 Å². The van der Waals surface area contributed by atoms with Crippen molar-refractivity contribution in [1.82, 2.24) is 15.4 Å². The van der Waals surface area contributed by atoms with Gasteiger partial charge in [-0.3, -0.25) is 14.5 Å². The van der Waals surface area contributed by atoms with Crippen molar-refractivity contribution in [2.45, 2.75) is 51.7 Å². The van der Waals surface area contributed by atoms with Crippen LogP contribution in [0.5, 0.6) is 0 Å². The number of aliphatic carboxylic acids is 1. The van der Waals surface area contributed by atoms with Crippen molar-refractivity contribution in [3.05, 3.63) is 40.4 Å². The molecule has 2 aromatic rings. The van der Waals surface area contributed by atoms with Crippen LogP contribution in [-0.4, -0.2) is 51.2 Å². The van der Waals surface area contributed by atoms with Crippen LogP contribution in [0.25, 0.3) is 11.3 Å². The average molecular weight is 436 g/mol. The summed E-state index contributed by atoms with van der Waals surface area (Å²) in [6.45, 7) is 7.81. The molecule has 2 aliphatic rings. The van der Waals surface area contributed by atoms with Crippen LogP contribution < -0.4 is 5.32 Å². The number of hydrogen-bond acceptors (Lipinski definition) is 5. The molecule has 3 atom stereocenters. The van der Waals surface area contributed by atoms with Gasteiger partial charge in [-0.15, -0.1) is 0 Å². The van der Waals surface area contributed by atoms with Gasteiger partial charge in [0.15, 0.2) is 0 Å². The summed E-state index contributed by atoms with van der Waals surface area (Å²) in [6, 6.07) is 3.36. The molecule has 3 heterocycles. The third kappa shape index (κ3) is 2.93. The Kier molecular flexibility index (Phi) is 4.70. The molecule has 7 nitrogen and oxygen atoms in total. The van der Waals surface area contributed by atoms with Crippen molar-refractivity contribution < 1.29 is 23.6 Å². The quantitative estimate of drug-likeness (QED) is 0.763. The summed E-state index contributed by atoms with van der Waals surface area (Å²) in [5.41, 5.74) is -0.737. The largest absolute Gasteiger partial charge is 0.480 e. The number of carboxylic acids is 1. The Hall–Kier alpha value is -2.45. The zero-order valence-corrected chi connectivity index (χ0v) is 17.9. The molecule has 0 bridgehead atoms. The van der Waals surface area contributed by atoms with Crippen LogP contribution in [0.1, 0.15) is 43.3 Å². The number of benzene rings is 1. The standard InChI is InChI=1S/C21H23ClFN3O4/c1-10-14(16(25-30-10)15-11(22)6-5-7-12(15)23)18(27)24-13-8-26-17(19(28)29)20(2,3)9-21(13,26)4/h5-7,13,17H,8-9H2,1-4H3,(H,24,27)(H,28,29)/t13-,17+,21-/m1/s1. The number of nitrogens with one attached hydrogen (secondary N) is 1. The van der Waals surface area contributed by atoms with E-state index in [2.05, 4.69) is 10.5 Å². The summed E-state index contributed by atoms with van der Waals surface area (Å²) in [5, 5.41) is 16.6. The van der Waals surface area contributed by atoms with Crippen molar-refractivity contribution >= 4 is 23.5 Å². The zero-order valence-electron chi connectivity index (χ0n) is 17.1. The van der Waals surface area contributed by atoms with Gasteiger partial charge in [-0.25, -0.2) is 4.39 Å². The number of carboxylic acid groups (broad SMARTS) is 1. The maximum atomic E-state index is 14.4. The molecule has 160 valence electrons. The van der Waals surface area contributed by atoms with E-state index in [9.17, 15) is 19.1 Å². The molecule has 9 heteroatoms. The lowest BCUT2D eigenvalue weighted by Gasteiger charge is -2.54. The first-order chi connectivity index (χ1) is 14.0. The van der Waals surface area contributed by atoms with Gasteiger partial charge in [0.2, 0.25) is 0 Å². The molecular formula is C21H23ClFN3O4. The molecule has 2 fully saturated rings. The van der Waals surface area contributed by atoms with Gasteiger partial charge < -0.3 is 14.9 Å². The smallest absolute Gasteiger partial charge is 0.321 e. The van der Waals surface area contributed by atoms with Crippen LogP contribution >= 0.6 is 11.6 Å². The van der Waals surface area contributed by atoms with Crippen molar-refractivity contribution in [3.63, 3.8) is 0 Å². The number of hydrogen-bond donors (Lipinski definition) is 2. The highest BCUT2D eigenvalue weighted by molar-refractivity contribution is 6.33. The molecule has 4 rings (SSSR count). The minimum absolute atomic E-state index is 0.00977. The predicted octanol–water partition coefficient (Wildman–Crippen LogP) is 3.50. The number of fused-ring (bicyclic) bond motifs is 1. The molecule has 0 aliphatic carbocycles. The summed E-state index contributed by atoms with van der Waals surface area (Å²) in [7, 11) is 0. The molecule has 0 unspecified atom stereocenters. The Bertz CT molecular complexity index is 1030. The minimum Gasteiger partial charge on any atom is -0.480 e. The van der Waals surface area contributed by atoms with Gasteiger partial charge in [0.1, 0.15) is 28.9 Å². The molecule has 0 saturated carbocycles. The first kappa shape index (κ1) is 20.8. The van der Waals surface area contributed by atoms with Crippen LogP contribution in [0.2, 0.25) is 5.02 Å². The van der Waals surface area contributed by atoms with Crippen LogP contribution in [-0.2, 0) is 4.79 Å². The summed E-state index contributed by atoms with van der Waals surface area (Å²) in [6.07, 6.45) is 0.622. The fraction of sp³-hybridized carbons (Fsp3) is 0.476. The zero-order chi connectivity index (χ0) is 22.0. The van der Waals surface area contributed by atoms with Crippen molar-refractivity contribution in [2.24, 2.45) is 5.41 Å². The second kappa shape index (κ2) is 6.78. The molecule has 1 aromatic heterocycles.